The number of rotatable bonds is 2. The van der Waals surface area contributed by atoms with Crippen LogP contribution in [0.2, 0.25) is 0 Å². The van der Waals surface area contributed by atoms with Crippen molar-refractivity contribution < 1.29 is 0 Å². The molecule has 0 bridgehead atoms. The molecule has 2 N–H and O–H groups in total. The molecule has 4 aromatic rings. The van der Waals surface area contributed by atoms with Gasteiger partial charge in [0.25, 0.3) is 0 Å². The Morgan fingerprint density at radius 3 is 1.27 bits per heavy atom. The van der Waals surface area contributed by atoms with Crippen LogP contribution in [-0.2, 0) is 14.1 Å². The monoisotopic (exact) mass is 382 g/mol. The smallest absolute Gasteiger partial charge is 0.195 e. The molecule has 0 aliphatic rings. The quantitative estimate of drug-likeness (QED) is 0.508. The highest BCUT2D eigenvalue weighted by Gasteiger charge is 2.04. The number of nitrogens with zero attached hydrogens (tertiary/aromatic N) is 4. The van der Waals surface area contributed by atoms with Crippen LogP contribution in [0.15, 0.2) is 60.7 Å². The maximum Gasteiger partial charge on any atom is 0.195 e. The molecule has 0 amide bonds. The molecule has 8 heteroatoms. The second kappa shape index (κ2) is 8.03. The molecule has 2 heterocycles. The van der Waals surface area contributed by atoms with Crippen molar-refractivity contribution in [3.8, 4) is 22.8 Å². The summed E-state index contributed by atoms with van der Waals surface area (Å²) in [7, 11) is 3.79. The highest BCUT2D eigenvalue weighted by molar-refractivity contribution is 7.71. The van der Waals surface area contributed by atoms with Crippen molar-refractivity contribution in [3.05, 3.63) is 70.2 Å². The second-order valence-corrected chi connectivity index (χ2v) is 6.33. The fourth-order valence-corrected chi connectivity index (χ4v) is 2.65. The molecule has 4 rings (SSSR count). The summed E-state index contributed by atoms with van der Waals surface area (Å²) in [5.74, 6) is 1.73. The minimum atomic E-state index is 0.638. The van der Waals surface area contributed by atoms with Gasteiger partial charge in [0.05, 0.1) is 0 Å². The molecule has 0 aliphatic carbocycles. The van der Waals surface area contributed by atoms with E-state index in [-0.39, 0.29) is 0 Å². The lowest BCUT2D eigenvalue weighted by molar-refractivity contribution is 0.902. The van der Waals surface area contributed by atoms with Crippen molar-refractivity contribution >= 4 is 24.4 Å². The molecule has 6 nitrogen and oxygen atoms in total. The first-order chi connectivity index (χ1) is 12.6. The van der Waals surface area contributed by atoms with Gasteiger partial charge in [0.1, 0.15) is 0 Å². The Bertz CT molecular complexity index is 1000. The van der Waals surface area contributed by atoms with Crippen LogP contribution in [-0.4, -0.2) is 29.5 Å². The number of benzene rings is 2. The molecule has 132 valence electrons. The summed E-state index contributed by atoms with van der Waals surface area (Å²) in [6.07, 6.45) is 0. The van der Waals surface area contributed by atoms with E-state index in [9.17, 15) is 0 Å². The van der Waals surface area contributed by atoms with E-state index in [0.29, 0.717) is 9.54 Å². The van der Waals surface area contributed by atoms with E-state index < -0.39 is 0 Å². The summed E-state index contributed by atoms with van der Waals surface area (Å²) in [4.78, 5) is 0. The first-order valence-electron chi connectivity index (χ1n) is 7.91. The Hall–Kier alpha value is -2.84. The number of H-pyrrole nitrogens is 2. The number of nitrogens with one attached hydrogen (secondary N) is 2. The van der Waals surface area contributed by atoms with Crippen LogP contribution in [0.1, 0.15) is 0 Å². The zero-order chi connectivity index (χ0) is 18.5. The third kappa shape index (κ3) is 3.87. The SMILES string of the molecule is Cn1c(-c2ccccc2)n[nH]c1=S.Cn1c(-c2ccccc2)n[nH]c1=S. The fourth-order valence-electron chi connectivity index (χ4n) is 2.38. The molecular weight excluding hydrogens is 364 g/mol. The van der Waals surface area contributed by atoms with Gasteiger partial charge < -0.3 is 9.13 Å². The lowest BCUT2D eigenvalue weighted by atomic mass is 10.2. The highest BCUT2D eigenvalue weighted by atomic mass is 32.1. The van der Waals surface area contributed by atoms with Crippen molar-refractivity contribution in [3.63, 3.8) is 0 Å². The zero-order valence-corrected chi connectivity index (χ0v) is 16.0. The lowest BCUT2D eigenvalue weighted by Crippen LogP contribution is -1.91. The van der Waals surface area contributed by atoms with Crippen molar-refractivity contribution in [1.29, 1.82) is 0 Å². The van der Waals surface area contributed by atoms with Crippen LogP contribution in [0.4, 0.5) is 0 Å². The van der Waals surface area contributed by atoms with Gasteiger partial charge in [-0.1, -0.05) is 60.7 Å². The number of aromatic amines is 2. The summed E-state index contributed by atoms with van der Waals surface area (Å²) < 4.78 is 4.98. The third-order valence-electron chi connectivity index (χ3n) is 3.82. The van der Waals surface area contributed by atoms with Crippen molar-refractivity contribution in [2.75, 3.05) is 0 Å². The van der Waals surface area contributed by atoms with E-state index in [0.717, 1.165) is 22.8 Å². The minimum absolute atomic E-state index is 0.638. The van der Waals surface area contributed by atoms with Gasteiger partial charge in [-0.2, -0.15) is 10.2 Å². The average Bonchev–Trinajstić information content (AvgIpc) is 3.19. The van der Waals surface area contributed by atoms with Gasteiger partial charge in [0, 0.05) is 25.2 Å². The van der Waals surface area contributed by atoms with Crippen LogP contribution < -0.4 is 0 Å². The van der Waals surface area contributed by atoms with Crippen molar-refractivity contribution in [2.24, 2.45) is 14.1 Å². The Morgan fingerprint density at radius 2 is 1.00 bits per heavy atom. The van der Waals surface area contributed by atoms with Crippen LogP contribution in [0.25, 0.3) is 22.8 Å². The molecule has 2 aromatic carbocycles. The number of aromatic nitrogens is 6. The first-order valence-corrected chi connectivity index (χ1v) is 8.73. The maximum atomic E-state index is 5.02. The summed E-state index contributed by atoms with van der Waals surface area (Å²) in [6, 6.07) is 19.9. The molecule has 0 radical (unpaired) electrons. The molecule has 0 atom stereocenters. The second-order valence-electron chi connectivity index (χ2n) is 5.55. The molecule has 0 spiro atoms. The number of hydrogen-bond donors (Lipinski definition) is 2. The van der Waals surface area contributed by atoms with Crippen LogP contribution in [0.3, 0.4) is 0 Å². The van der Waals surface area contributed by atoms with E-state index in [2.05, 4.69) is 20.4 Å². The van der Waals surface area contributed by atoms with E-state index >= 15 is 0 Å². The zero-order valence-electron chi connectivity index (χ0n) is 14.4. The Labute approximate surface area is 161 Å². The molecule has 0 saturated carbocycles. The summed E-state index contributed by atoms with van der Waals surface area (Å²) in [5.41, 5.74) is 2.13. The largest absolute Gasteiger partial charge is 0.303 e. The van der Waals surface area contributed by atoms with Gasteiger partial charge in [-0.25, -0.2) is 0 Å². The topological polar surface area (TPSA) is 67.2 Å². The van der Waals surface area contributed by atoms with Crippen molar-refractivity contribution in [2.45, 2.75) is 0 Å². The van der Waals surface area contributed by atoms with Gasteiger partial charge in [-0.05, 0) is 24.4 Å². The summed E-state index contributed by atoms with van der Waals surface area (Å²) in [6.45, 7) is 0. The molecule has 0 aliphatic heterocycles. The molecular formula is C18H18N6S2. The van der Waals surface area contributed by atoms with Gasteiger partial charge >= 0.3 is 0 Å². The first kappa shape index (κ1) is 18.0. The van der Waals surface area contributed by atoms with E-state index in [1.165, 1.54) is 0 Å². The van der Waals surface area contributed by atoms with Gasteiger partial charge in [0.15, 0.2) is 21.2 Å². The third-order valence-corrected chi connectivity index (χ3v) is 4.55. The van der Waals surface area contributed by atoms with E-state index in [4.69, 9.17) is 24.4 Å². The lowest BCUT2D eigenvalue weighted by Gasteiger charge is -1.98. The van der Waals surface area contributed by atoms with E-state index in [1.54, 1.807) is 0 Å². The van der Waals surface area contributed by atoms with Gasteiger partial charge in [-0.3, -0.25) is 10.2 Å². The fraction of sp³-hybridized carbons (Fsp3) is 0.111. The predicted octanol–water partition coefficient (Wildman–Crippen LogP) is 4.29. The molecule has 26 heavy (non-hydrogen) atoms. The molecule has 0 saturated heterocycles. The van der Waals surface area contributed by atoms with Gasteiger partial charge in [-0.15, -0.1) is 0 Å². The highest BCUT2D eigenvalue weighted by Crippen LogP contribution is 2.15. The standard InChI is InChI=1S/2C9H9N3S/c2*1-12-8(10-11-9(12)13)7-5-3-2-4-6-7/h2*2-6H,1H3,(H,11,13). The molecule has 0 unspecified atom stereocenters. The maximum absolute atomic E-state index is 5.02. The number of hydrogen-bond acceptors (Lipinski definition) is 4. The predicted molar refractivity (Wildman–Crippen MR) is 108 cm³/mol. The van der Waals surface area contributed by atoms with Crippen molar-refractivity contribution in [1.82, 2.24) is 29.5 Å². The van der Waals surface area contributed by atoms with Crippen LogP contribution in [0, 0.1) is 9.54 Å². The summed E-state index contributed by atoms with van der Waals surface area (Å²) in [5, 5.41) is 13.8. The Balaban J connectivity index is 0.000000151. The Morgan fingerprint density at radius 1 is 0.654 bits per heavy atom. The van der Waals surface area contributed by atoms with Gasteiger partial charge in [0.2, 0.25) is 0 Å². The van der Waals surface area contributed by atoms with Crippen LogP contribution >= 0.6 is 24.4 Å². The minimum Gasteiger partial charge on any atom is -0.303 e. The molecule has 2 aromatic heterocycles. The van der Waals surface area contributed by atoms with E-state index in [1.807, 2.05) is 83.9 Å². The van der Waals surface area contributed by atoms with Crippen LogP contribution in [0.5, 0.6) is 0 Å². The Kier molecular flexibility index (Phi) is 5.55. The molecule has 0 fully saturated rings. The normalized spacial score (nSPS) is 10.2. The summed E-state index contributed by atoms with van der Waals surface area (Å²) >= 11 is 10.0. The average molecular weight is 383 g/mol.